The van der Waals surface area contributed by atoms with E-state index in [0.29, 0.717) is 17.3 Å². The monoisotopic (exact) mass is 387 g/mol. The Morgan fingerprint density at radius 1 is 1.19 bits per heavy atom. The van der Waals surface area contributed by atoms with Crippen molar-refractivity contribution in [3.63, 3.8) is 0 Å². The Labute approximate surface area is 161 Å². The number of fused-ring (bicyclic) bond motifs is 1. The van der Waals surface area contributed by atoms with Crippen molar-refractivity contribution in [3.8, 4) is 5.75 Å². The lowest BCUT2D eigenvalue weighted by Gasteiger charge is -2.17. The fourth-order valence-corrected chi connectivity index (χ4v) is 4.15. The molecule has 0 unspecified atom stereocenters. The van der Waals surface area contributed by atoms with Gasteiger partial charge in [-0.25, -0.2) is 0 Å². The summed E-state index contributed by atoms with van der Waals surface area (Å²) >= 11 is 3.04. The van der Waals surface area contributed by atoms with Crippen LogP contribution in [0.2, 0.25) is 0 Å². The van der Waals surface area contributed by atoms with Crippen molar-refractivity contribution in [1.29, 1.82) is 0 Å². The van der Waals surface area contributed by atoms with Crippen LogP contribution in [0.3, 0.4) is 0 Å². The van der Waals surface area contributed by atoms with Crippen molar-refractivity contribution in [1.82, 2.24) is 10.2 Å². The van der Waals surface area contributed by atoms with Crippen molar-refractivity contribution >= 4 is 44.9 Å². The molecule has 0 fully saturated rings. The number of carbonyl (C=O) groups is 1. The Morgan fingerprint density at radius 3 is 2.81 bits per heavy atom. The van der Waals surface area contributed by atoms with Gasteiger partial charge in [-0.3, -0.25) is 10.1 Å². The van der Waals surface area contributed by atoms with E-state index >= 15 is 0 Å². The van der Waals surface area contributed by atoms with Crippen LogP contribution in [-0.4, -0.2) is 28.0 Å². The molecule has 0 aliphatic rings. The molecule has 26 heavy (non-hydrogen) atoms. The SMILES string of the molecule is CCCSc1nnc(NC(=O)[C@@H](CC)Oc2cccc3ccccc23)s1. The molecule has 3 aromatic rings. The number of amides is 1. The molecule has 0 bridgehead atoms. The lowest BCUT2D eigenvalue weighted by Crippen LogP contribution is -2.32. The van der Waals surface area contributed by atoms with E-state index in [9.17, 15) is 4.79 Å². The predicted octanol–water partition coefficient (Wildman–Crippen LogP) is 4.99. The molecule has 0 aliphatic carbocycles. The van der Waals surface area contributed by atoms with Gasteiger partial charge in [0.2, 0.25) is 5.13 Å². The number of benzene rings is 2. The van der Waals surface area contributed by atoms with E-state index in [1.807, 2.05) is 49.4 Å². The molecule has 0 saturated heterocycles. The summed E-state index contributed by atoms with van der Waals surface area (Å²) in [6, 6.07) is 13.8. The first-order valence-electron chi connectivity index (χ1n) is 8.62. The Morgan fingerprint density at radius 2 is 2.00 bits per heavy atom. The molecular formula is C19H21N3O2S2. The Bertz CT molecular complexity index is 877. The highest BCUT2D eigenvalue weighted by atomic mass is 32.2. The van der Waals surface area contributed by atoms with Gasteiger partial charge in [0.15, 0.2) is 10.4 Å². The second-order valence-corrected chi connectivity index (χ2v) is 8.02. The van der Waals surface area contributed by atoms with Crippen molar-refractivity contribution in [2.75, 3.05) is 11.1 Å². The van der Waals surface area contributed by atoms with Gasteiger partial charge in [0, 0.05) is 11.1 Å². The number of rotatable bonds is 8. The van der Waals surface area contributed by atoms with Crippen molar-refractivity contribution in [3.05, 3.63) is 42.5 Å². The minimum absolute atomic E-state index is 0.205. The van der Waals surface area contributed by atoms with Crippen molar-refractivity contribution in [2.45, 2.75) is 37.1 Å². The number of ether oxygens (including phenoxy) is 1. The molecule has 0 saturated carbocycles. The minimum atomic E-state index is -0.587. The highest BCUT2D eigenvalue weighted by molar-refractivity contribution is 8.01. The Kier molecular flexibility index (Phi) is 6.46. The Hall–Kier alpha value is -2.12. The first kappa shape index (κ1) is 18.7. The van der Waals surface area contributed by atoms with Crippen LogP contribution in [0.25, 0.3) is 10.8 Å². The van der Waals surface area contributed by atoms with Crippen LogP contribution in [0.15, 0.2) is 46.8 Å². The smallest absolute Gasteiger partial charge is 0.267 e. The fraction of sp³-hybridized carbons (Fsp3) is 0.316. The zero-order valence-corrected chi connectivity index (χ0v) is 16.4. The van der Waals surface area contributed by atoms with Crippen LogP contribution in [0.1, 0.15) is 26.7 Å². The number of nitrogens with one attached hydrogen (secondary N) is 1. The number of aromatic nitrogens is 2. The highest BCUT2D eigenvalue weighted by Crippen LogP contribution is 2.28. The van der Waals surface area contributed by atoms with E-state index in [4.69, 9.17) is 4.74 Å². The molecule has 2 aromatic carbocycles. The maximum Gasteiger partial charge on any atom is 0.267 e. The van der Waals surface area contributed by atoms with Crippen LogP contribution in [0.5, 0.6) is 5.75 Å². The van der Waals surface area contributed by atoms with Crippen LogP contribution in [-0.2, 0) is 4.79 Å². The molecule has 1 aromatic heterocycles. The molecule has 1 heterocycles. The topological polar surface area (TPSA) is 64.1 Å². The molecule has 5 nitrogen and oxygen atoms in total. The average molecular weight is 388 g/mol. The molecule has 1 N–H and O–H groups in total. The van der Waals surface area contributed by atoms with E-state index in [-0.39, 0.29) is 5.91 Å². The quantitative estimate of drug-likeness (QED) is 0.436. The third-order valence-corrected chi connectivity index (χ3v) is 5.93. The summed E-state index contributed by atoms with van der Waals surface area (Å²) in [5.41, 5.74) is 0. The third kappa shape index (κ3) is 4.53. The summed E-state index contributed by atoms with van der Waals surface area (Å²) < 4.78 is 6.89. The molecular weight excluding hydrogens is 366 g/mol. The maximum absolute atomic E-state index is 12.6. The van der Waals surface area contributed by atoms with Crippen molar-refractivity contribution < 1.29 is 9.53 Å². The van der Waals surface area contributed by atoms with Crippen LogP contribution in [0, 0.1) is 0 Å². The zero-order valence-electron chi connectivity index (χ0n) is 14.8. The van der Waals surface area contributed by atoms with Gasteiger partial charge < -0.3 is 4.74 Å². The summed E-state index contributed by atoms with van der Waals surface area (Å²) in [5.74, 6) is 1.50. The fourth-order valence-electron chi connectivity index (χ4n) is 2.47. The van der Waals surface area contributed by atoms with Crippen LogP contribution >= 0.6 is 23.1 Å². The molecule has 0 radical (unpaired) electrons. The normalized spacial score (nSPS) is 12.1. The van der Waals surface area contributed by atoms with Gasteiger partial charge in [-0.2, -0.15) is 0 Å². The molecule has 7 heteroatoms. The minimum Gasteiger partial charge on any atom is -0.480 e. The summed E-state index contributed by atoms with van der Waals surface area (Å²) in [6.07, 6.45) is 1.05. The van der Waals surface area contributed by atoms with E-state index < -0.39 is 6.10 Å². The summed E-state index contributed by atoms with van der Waals surface area (Å²) in [7, 11) is 0. The van der Waals surface area contributed by atoms with Gasteiger partial charge in [-0.1, -0.05) is 73.3 Å². The number of carbonyl (C=O) groups excluding carboxylic acids is 1. The number of nitrogens with zero attached hydrogens (tertiary/aromatic N) is 2. The molecule has 136 valence electrons. The van der Waals surface area contributed by atoms with Gasteiger partial charge in [0.1, 0.15) is 5.75 Å². The maximum atomic E-state index is 12.6. The number of anilines is 1. The molecule has 3 rings (SSSR count). The second-order valence-electron chi connectivity index (χ2n) is 5.70. The first-order valence-corrected chi connectivity index (χ1v) is 10.4. The third-order valence-electron chi connectivity index (χ3n) is 3.75. The van der Waals surface area contributed by atoms with Crippen molar-refractivity contribution in [2.24, 2.45) is 0 Å². The average Bonchev–Trinajstić information content (AvgIpc) is 3.11. The van der Waals surface area contributed by atoms with E-state index in [2.05, 4.69) is 22.4 Å². The second kappa shape index (κ2) is 9.00. The lowest BCUT2D eigenvalue weighted by atomic mass is 10.1. The molecule has 0 spiro atoms. The van der Waals surface area contributed by atoms with E-state index in [0.717, 1.165) is 27.3 Å². The van der Waals surface area contributed by atoms with Gasteiger partial charge in [0.05, 0.1) is 0 Å². The Balaban J connectivity index is 1.69. The van der Waals surface area contributed by atoms with Gasteiger partial charge >= 0.3 is 0 Å². The standard InChI is InChI=1S/C19H21N3O2S2/c1-3-12-25-19-22-21-18(26-19)20-17(23)15(4-2)24-16-11-7-9-13-8-5-6-10-14(13)16/h5-11,15H,3-4,12H2,1-2H3,(H,20,21,23)/t15-/m1/s1. The summed E-state index contributed by atoms with van der Waals surface area (Å²) in [5, 5.41) is 13.6. The van der Waals surface area contributed by atoms with E-state index in [1.54, 1.807) is 11.8 Å². The first-order chi connectivity index (χ1) is 12.7. The highest BCUT2D eigenvalue weighted by Gasteiger charge is 2.21. The molecule has 1 amide bonds. The number of hydrogen-bond acceptors (Lipinski definition) is 6. The van der Waals surface area contributed by atoms with Gasteiger partial charge in [0.25, 0.3) is 5.91 Å². The van der Waals surface area contributed by atoms with Crippen LogP contribution < -0.4 is 10.1 Å². The predicted molar refractivity (Wildman–Crippen MR) is 108 cm³/mol. The summed E-state index contributed by atoms with van der Waals surface area (Å²) in [4.78, 5) is 12.6. The van der Waals surface area contributed by atoms with Gasteiger partial charge in [-0.05, 0) is 24.3 Å². The lowest BCUT2D eigenvalue weighted by molar-refractivity contribution is -0.122. The summed E-state index contributed by atoms with van der Waals surface area (Å²) in [6.45, 7) is 4.05. The molecule has 0 aliphatic heterocycles. The largest absolute Gasteiger partial charge is 0.480 e. The molecule has 1 atom stereocenters. The van der Waals surface area contributed by atoms with Crippen LogP contribution in [0.4, 0.5) is 5.13 Å². The number of thioether (sulfide) groups is 1. The number of hydrogen-bond donors (Lipinski definition) is 1. The van der Waals surface area contributed by atoms with Gasteiger partial charge in [-0.15, -0.1) is 10.2 Å². The van der Waals surface area contributed by atoms with E-state index in [1.165, 1.54) is 11.3 Å². The zero-order chi connectivity index (χ0) is 18.4.